The molecule has 24 heavy (non-hydrogen) atoms. The van der Waals surface area contributed by atoms with E-state index in [0.717, 1.165) is 12.8 Å². The van der Waals surface area contributed by atoms with E-state index in [2.05, 4.69) is 27.9 Å². The number of methoxy groups -OCH3 is 1. The van der Waals surface area contributed by atoms with Crippen molar-refractivity contribution in [1.82, 2.24) is 16.0 Å². The molecule has 2 unspecified atom stereocenters. The van der Waals surface area contributed by atoms with Gasteiger partial charge in [0.15, 0.2) is 5.96 Å². The zero-order valence-electron chi connectivity index (χ0n) is 16.1. The van der Waals surface area contributed by atoms with Crippen LogP contribution in [-0.2, 0) is 9.47 Å². The van der Waals surface area contributed by atoms with E-state index < -0.39 is 11.7 Å². The van der Waals surface area contributed by atoms with E-state index in [4.69, 9.17) is 9.47 Å². The Balaban J connectivity index is 0. The minimum absolute atomic E-state index is 0. The van der Waals surface area contributed by atoms with Gasteiger partial charge >= 0.3 is 6.09 Å². The Morgan fingerprint density at radius 3 is 2.33 bits per heavy atom. The van der Waals surface area contributed by atoms with Crippen LogP contribution < -0.4 is 16.0 Å². The van der Waals surface area contributed by atoms with Crippen LogP contribution in [0.15, 0.2) is 4.99 Å². The van der Waals surface area contributed by atoms with Crippen molar-refractivity contribution in [2.75, 3.05) is 27.3 Å². The summed E-state index contributed by atoms with van der Waals surface area (Å²) in [6.45, 7) is 10.8. The maximum atomic E-state index is 11.9. The van der Waals surface area contributed by atoms with Crippen LogP contribution in [0.3, 0.4) is 0 Å². The van der Waals surface area contributed by atoms with Gasteiger partial charge in [-0.1, -0.05) is 13.3 Å². The number of carbonyl (C=O) groups excluding carboxylic acids is 1. The molecule has 7 nitrogen and oxygen atoms in total. The SMILES string of the molecule is CCCC(CNC(=NC)NC(C)COC)NC(=O)OC(C)(C)C.I. The van der Waals surface area contributed by atoms with Crippen LogP contribution in [0, 0.1) is 0 Å². The van der Waals surface area contributed by atoms with Crippen LogP contribution in [0.1, 0.15) is 47.5 Å². The molecule has 0 aromatic heterocycles. The molecular formula is C16H35IN4O3. The molecule has 3 N–H and O–H groups in total. The van der Waals surface area contributed by atoms with Crippen molar-refractivity contribution in [3.8, 4) is 0 Å². The molecule has 0 heterocycles. The number of carbonyl (C=O) groups is 1. The first-order valence-electron chi connectivity index (χ1n) is 8.17. The van der Waals surface area contributed by atoms with Crippen molar-refractivity contribution in [3.05, 3.63) is 0 Å². The molecule has 2 atom stereocenters. The molecule has 0 rings (SSSR count). The Hall–Kier alpha value is -0.770. The van der Waals surface area contributed by atoms with Crippen molar-refractivity contribution >= 4 is 36.0 Å². The molecule has 0 radical (unpaired) electrons. The lowest BCUT2D eigenvalue weighted by Gasteiger charge is -2.25. The third kappa shape index (κ3) is 13.6. The Kier molecular flexibility index (Phi) is 14.3. The molecular weight excluding hydrogens is 423 g/mol. The van der Waals surface area contributed by atoms with Crippen LogP contribution in [0.25, 0.3) is 0 Å². The summed E-state index contributed by atoms with van der Waals surface area (Å²) >= 11 is 0. The second-order valence-electron chi connectivity index (χ2n) is 6.59. The maximum Gasteiger partial charge on any atom is 0.407 e. The second kappa shape index (κ2) is 13.5. The summed E-state index contributed by atoms with van der Waals surface area (Å²) in [5.41, 5.74) is -0.499. The van der Waals surface area contributed by atoms with Crippen LogP contribution in [0.4, 0.5) is 4.79 Å². The third-order valence-corrected chi connectivity index (χ3v) is 2.90. The molecule has 0 bridgehead atoms. The number of rotatable bonds is 8. The predicted molar refractivity (Wildman–Crippen MR) is 109 cm³/mol. The third-order valence-electron chi connectivity index (χ3n) is 2.90. The molecule has 8 heteroatoms. The zero-order valence-corrected chi connectivity index (χ0v) is 18.4. The number of ether oxygens (including phenoxy) is 2. The van der Waals surface area contributed by atoms with Gasteiger partial charge in [0, 0.05) is 32.8 Å². The largest absolute Gasteiger partial charge is 0.444 e. The van der Waals surface area contributed by atoms with Crippen LogP contribution >= 0.6 is 24.0 Å². The average molecular weight is 458 g/mol. The van der Waals surface area contributed by atoms with Gasteiger partial charge in [-0.2, -0.15) is 0 Å². The molecule has 0 saturated heterocycles. The van der Waals surface area contributed by atoms with Crippen molar-refractivity contribution in [2.45, 2.75) is 65.1 Å². The Labute approximate surface area is 163 Å². The molecule has 0 aromatic rings. The highest BCUT2D eigenvalue weighted by Gasteiger charge is 2.19. The number of aliphatic imine (C=N–C) groups is 1. The Morgan fingerprint density at radius 2 is 1.88 bits per heavy atom. The highest BCUT2D eigenvalue weighted by Crippen LogP contribution is 2.07. The number of halogens is 1. The average Bonchev–Trinajstić information content (AvgIpc) is 2.41. The minimum atomic E-state index is -0.499. The van der Waals surface area contributed by atoms with Gasteiger partial charge in [0.05, 0.1) is 6.61 Å². The topological polar surface area (TPSA) is 84.0 Å². The summed E-state index contributed by atoms with van der Waals surface area (Å²) < 4.78 is 10.4. The van der Waals surface area contributed by atoms with Crippen LogP contribution in [-0.4, -0.2) is 57.0 Å². The number of guanidine groups is 1. The van der Waals surface area contributed by atoms with Gasteiger partial charge in [-0.3, -0.25) is 4.99 Å². The summed E-state index contributed by atoms with van der Waals surface area (Å²) in [4.78, 5) is 16.1. The summed E-state index contributed by atoms with van der Waals surface area (Å²) in [6, 6.07) is 0.126. The number of alkyl carbamates (subject to hydrolysis) is 1. The number of nitrogens with one attached hydrogen (secondary N) is 3. The van der Waals surface area contributed by atoms with Crippen molar-refractivity contribution in [2.24, 2.45) is 4.99 Å². The van der Waals surface area contributed by atoms with Gasteiger partial charge in [-0.05, 0) is 34.1 Å². The molecule has 0 aliphatic carbocycles. The smallest absolute Gasteiger partial charge is 0.407 e. The first-order chi connectivity index (χ1) is 10.7. The van der Waals surface area contributed by atoms with E-state index >= 15 is 0 Å². The van der Waals surface area contributed by atoms with Crippen LogP contribution in [0.5, 0.6) is 0 Å². The molecule has 144 valence electrons. The first-order valence-corrected chi connectivity index (χ1v) is 8.17. The van der Waals surface area contributed by atoms with Gasteiger partial charge in [0.2, 0.25) is 0 Å². The number of amides is 1. The van der Waals surface area contributed by atoms with Gasteiger partial charge in [-0.25, -0.2) is 4.79 Å². The highest BCUT2D eigenvalue weighted by atomic mass is 127. The maximum absolute atomic E-state index is 11.9. The van der Waals surface area contributed by atoms with E-state index in [1.807, 2.05) is 27.7 Å². The molecule has 0 spiro atoms. The molecule has 1 amide bonds. The lowest BCUT2D eigenvalue weighted by Crippen LogP contribution is -2.50. The fourth-order valence-corrected chi connectivity index (χ4v) is 1.99. The molecule has 0 aliphatic heterocycles. The van der Waals surface area contributed by atoms with Gasteiger partial charge in [0.25, 0.3) is 0 Å². The summed E-state index contributed by atoms with van der Waals surface area (Å²) in [5.74, 6) is 0.682. The number of hydrogen-bond donors (Lipinski definition) is 3. The van der Waals surface area contributed by atoms with Crippen molar-refractivity contribution in [1.29, 1.82) is 0 Å². The quantitative estimate of drug-likeness (QED) is 0.296. The minimum Gasteiger partial charge on any atom is -0.444 e. The van der Waals surface area contributed by atoms with Crippen LogP contribution in [0.2, 0.25) is 0 Å². The predicted octanol–water partition coefficient (Wildman–Crippen LogP) is 2.50. The lowest BCUT2D eigenvalue weighted by molar-refractivity contribution is 0.0502. The lowest BCUT2D eigenvalue weighted by atomic mass is 10.1. The van der Waals surface area contributed by atoms with E-state index in [1.165, 1.54) is 0 Å². The fraction of sp³-hybridized carbons (Fsp3) is 0.875. The van der Waals surface area contributed by atoms with Crippen molar-refractivity contribution in [3.63, 3.8) is 0 Å². The molecule has 0 aromatic carbocycles. The van der Waals surface area contributed by atoms with Gasteiger partial charge in [0.1, 0.15) is 5.60 Å². The van der Waals surface area contributed by atoms with E-state index in [0.29, 0.717) is 19.1 Å². The van der Waals surface area contributed by atoms with E-state index in [-0.39, 0.29) is 36.1 Å². The van der Waals surface area contributed by atoms with Gasteiger partial charge in [-0.15, -0.1) is 24.0 Å². The number of hydrogen-bond acceptors (Lipinski definition) is 4. The Bertz CT molecular complexity index is 373. The monoisotopic (exact) mass is 458 g/mol. The zero-order chi connectivity index (χ0) is 17.9. The standard InChI is InChI=1S/C16H34N4O3.HI/c1-8-9-13(20-15(21)23-16(3,4)5)10-18-14(17-6)19-12(2)11-22-7;/h12-13H,8-11H2,1-7H3,(H,20,21)(H2,17,18,19);1H. The van der Waals surface area contributed by atoms with E-state index in [9.17, 15) is 4.79 Å². The summed E-state index contributed by atoms with van der Waals surface area (Å²) in [5, 5.41) is 9.35. The van der Waals surface area contributed by atoms with E-state index in [1.54, 1.807) is 14.2 Å². The summed E-state index contributed by atoms with van der Waals surface area (Å²) in [7, 11) is 3.38. The Morgan fingerprint density at radius 1 is 1.25 bits per heavy atom. The molecule has 0 aliphatic rings. The molecule has 0 saturated carbocycles. The second-order valence-corrected chi connectivity index (χ2v) is 6.59. The van der Waals surface area contributed by atoms with Gasteiger partial charge < -0.3 is 25.4 Å². The first kappa shape index (κ1) is 25.5. The van der Waals surface area contributed by atoms with Crippen molar-refractivity contribution < 1.29 is 14.3 Å². The summed E-state index contributed by atoms with van der Waals surface area (Å²) in [6.07, 6.45) is 1.43. The normalized spacial score (nSPS) is 14.2. The molecule has 0 fully saturated rings. The fourth-order valence-electron chi connectivity index (χ4n) is 1.99. The number of nitrogens with zero attached hydrogens (tertiary/aromatic N) is 1. The highest BCUT2D eigenvalue weighted by molar-refractivity contribution is 14.0.